The minimum atomic E-state index is -0.727. The third-order valence-electron chi connectivity index (χ3n) is 4.44. The lowest BCUT2D eigenvalue weighted by Crippen LogP contribution is -2.22. The maximum Gasteiger partial charge on any atom is 0.317 e. The summed E-state index contributed by atoms with van der Waals surface area (Å²) in [4.78, 5) is 24.1. The van der Waals surface area contributed by atoms with Gasteiger partial charge < -0.3 is 11.5 Å². The van der Waals surface area contributed by atoms with Crippen LogP contribution in [-0.2, 0) is 19.4 Å². The number of aromatic nitrogens is 2. The quantitative estimate of drug-likeness (QED) is 0.623. The minimum Gasteiger partial charge on any atom is -0.365 e. The van der Waals surface area contributed by atoms with Gasteiger partial charge in [-0.3, -0.25) is 14.8 Å². The van der Waals surface area contributed by atoms with Crippen LogP contribution in [0.1, 0.15) is 27.2 Å². The predicted octanol–water partition coefficient (Wildman–Crippen LogP) is 3.00. The Labute approximate surface area is 163 Å². The fourth-order valence-electron chi connectivity index (χ4n) is 3.32. The number of thiophene rings is 1. The molecule has 0 fully saturated rings. The summed E-state index contributed by atoms with van der Waals surface area (Å²) in [6.45, 7) is 0.611. The molecule has 0 radical (unpaired) electrons. The van der Waals surface area contributed by atoms with Crippen LogP contribution in [0, 0.1) is 0 Å². The molecule has 5 N–H and O–H groups in total. The van der Waals surface area contributed by atoms with Gasteiger partial charge in [-0.25, -0.2) is 4.79 Å². The van der Waals surface area contributed by atoms with Gasteiger partial charge in [-0.2, -0.15) is 5.10 Å². The van der Waals surface area contributed by atoms with Gasteiger partial charge in [-0.15, -0.1) is 11.3 Å². The molecule has 0 spiro atoms. The van der Waals surface area contributed by atoms with E-state index in [1.54, 1.807) is 0 Å². The predicted molar refractivity (Wildman–Crippen MR) is 105 cm³/mol. The molecule has 27 heavy (non-hydrogen) atoms. The van der Waals surface area contributed by atoms with Crippen molar-refractivity contribution >= 4 is 39.9 Å². The van der Waals surface area contributed by atoms with E-state index in [4.69, 9.17) is 23.1 Å². The van der Waals surface area contributed by atoms with E-state index in [0.29, 0.717) is 35.0 Å². The lowest BCUT2D eigenvalue weighted by atomic mass is 9.94. The van der Waals surface area contributed by atoms with Gasteiger partial charge in [0.2, 0.25) is 0 Å². The molecule has 7 nitrogen and oxygen atoms in total. The molecule has 0 aliphatic heterocycles. The number of carbonyl (C=O) groups is 2. The summed E-state index contributed by atoms with van der Waals surface area (Å²) >= 11 is 7.23. The van der Waals surface area contributed by atoms with Crippen LogP contribution < -0.4 is 16.8 Å². The largest absolute Gasteiger partial charge is 0.365 e. The van der Waals surface area contributed by atoms with Crippen LogP contribution in [0.3, 0.4) is 0 Å². The van der Waals surface area contributed by atoms with Crippen molar-refractivity contribution in [1.82, 2.24) is 9.78 Å². The highest BCUT2D eigenvalue weighted by Crippen LogP contribution is 2.44. The minimum absolute atomic E-state index is 0.338. The molecule has 2 heterocycles. The third-order valence-corrected chi connectivity index (χ3v) is 5.88. The molecule has 0 saturated heterocycles. The van der Waals surface area contributed by atoms with E-state index in [1.165, 1.54) is 11.3 Å². The summed E-state index contributed by atoms with van der Waals surface area (Å²) in [6.07, 6.45) is 3.29. The summed E-state index contributed by atoms with van der Waals surface area (Å²) in [5.41, 5.74) is 14.9. The number of nitrogens with zero attached hydrogens (tertiary/aromatic N) is 2. The Morgan fingerprint density at radius 3 is 2.63 bits per heavy atom. The zero-order chi connectivity index (χ0) is 19.1. The van der Waals surface area contributed by atoms with E-state index in [1.807, 2.05) is 35.1 Å². The number of primary amides is 2. The van der Waals surface area contributed by atoms with Crippen molar-refractivity contribution in [3.63, 3.8) is 0 Å². The second kappa shape index (κ2) is 6.71. The second-order valence-electron chi connectivity index (χ2n) is 6.28. The molecule has 0 saturated carbocycles. The highest BCUT2D eigenvalue weighted by Gasteiger charge is 2.29. The highest BCUT2D eigenvalue weighted by molar-refractivity contribution is 7.20. The molecule has 0 atom stereocenters. The number of nitrogens with one attached hydrogen (secondary N) is 1. The summed E-state index contributed by atoms with van der Waals surface area (Å²) < 4.78 is 1.87. The molecular weight excluding hydrogens is 386 g/mol. The Morgan fingerprint density at radius 2 is 1.96 bits per heavy atom. The van der Waals surface area contributed by atoms with Crippen molar-refractivity contribution in [1.29, 1.82) is 0 Å². The fraction of sp³-hybridized carbons (Fsp3) is 0.167. The van der Waals surface area contributed by atoms with Gasteiger partial charge in [0.15, 0.2) is 0 Å². The monoisotopic (exact) mass is 401 g/mol. The number of benzene rings is 1. The van der Waals surface area contributed by atoms with Gasteiger partial charge in [-0.05, 0) is 36.1 Å². The van der Waals surface area contributed by atoms with Gasteiger partial charge in [0.1, 0.15) is 5.00 Å². The first-order valence-corrected chi connectivity index (χ1v) is 9.45. The number of rotatable bonds is 4. The Morgan fingerprint density at radius 1 is 1.22 bits per heavy atom. The number of amides is 3. The van der Waals surface area contributed by atoms with Crippen LogP contribution in [-0.4, -0.2) is 21.7 Å². The van der Waals surface area contributed by atoms with Gasteiger partial charge in [0.05, 0.1) is 17.8 Å². The average Bonchev–Trinajstić information content (AvgIpc) is 3.16. The van der Waals surface area contributed by atoms with Crippen molar-refractivity contribution in [2.75, 3.05) is 5.32 Å². The van der Waals surface area contributed by atoms with E-state index >= 15 is 0 Å². The molecule has 0 bridgehead atoms. The van der Waals surface area contributed by atoms with Crippen molar-refractivity contribution < 1.29 is 9.59 Å². The lowest BCUT2D eigenvalue weighted by Gasteiger charge is -2.11. The zero-order valence-electron chi connectivity index (χ0n) is 14.2. The number of aryl methyl sites for hydroxylation is 1. The maximum atomic E-state index is 11.9. The van der Waals surface area contributed by atoms with Gasteiger partial charge in [0.25, 0.3) is 5.91 Å². The molecule has 2 aromatic heterocycles. The van der Waals surface area contributed by atoms with E-state index < -0.39 is 11.9 Å². The van der Waals surface area contributed by atoms with Crippen LogP contribution in [0.15, 0.2) is 30.5 Å². The Bertz CT molecular complexity index is 1050. The molecule has 9 heteroatoms. The van der Waals surface area contributed by atoms with Crippen molar-refractivity contribution in [2.24, 2.45) is 11.5 Å². The molecule has 1 aromatic carbocycles. The molecular formula is C18H16ClN5O2S. The number of urea groups is 1. The zero-order valence-corrected chi connectivity index (χ0v) is 15.7. The normalized spacial score (nSPS) is 12.3. The van der Waals surface area contributed by atoms with Crippen molar-refractivity contribution in [3.8, 4) is 10.4 Å². The van der Waals surface area contributed by atoms with Crippen LogP contribution in [0.5, 0.6) is 0 Å². The van der Waals surface area contributed by atoms with Crippen molar-refractivity contribution in [3.05, 3.63) is 57.9 Å². The lowest BCUT2D eigenvalue weighted by molar-refractivity contribution is 0.100. The molecule has 3 aromatic rings. The first-order chi connectivity index (χ1) is 12.9. The smallest absolute Gasteiger partial charge is 0.317 e. The van der Waals surface area contributed by atoms with E-state index in [0.717, 1.165) is 27.3 Å². The summed E-state index contributed by atoms with van der Waals surface area (Å²) in [5, 5.41) is 8.26. The first kappa shape index (κ1) is 17.6. The summed E-state index contributed by atoms with van der Waals surface area (Å²) in [7, 11) is 0. The molecule has 1 aliphatic carbocycles. The molecule has 0 unspecified atom stereocenters. The van der Waals surface area contributed by atoms with Gasteiger partial charge >= 0.3 is 6.03 Å². The molecule has 138 valence electrons. The standard InChI is InChI=1S/C18H16ClN5O2S/c19-10-3-1-9(2-4-10)7-24-8-12-13(23-24)6-5-11-14(16(20)25)17(22-18(21)26)27-15(11)12/h1-4,8H,5-7H2,(H2,20,25)(H3,21,22,26). The highest BCUT2D eigenvalue weighted by atomic mass is 35.5. The first-order valence-electron chi connectivity index (χ1n) is 8.25. The summed E-state index contributed by atoms with van der Waals surface area (Å²) in [6, 6.07) is 6.88. The van der Waals surface area contributed by atoms with Crippen LogP contribution in [0.2, 0.25) is 5.02 Å². The Kier molecular flexibility index (Phi) is 4.37. The average molecular weight is 402 g/mol. The van der Waals surface area contributed by atoms with E-state index in [-0.39, 0.29) is 0 Å². The second-order valence-corrected chi connectivity index (χ2v) is 7.74. The Balaban J connectivity index is 1.72. The Hall–Kier alpha value is -2.84. The van der Waals surface area contributed by atoms with E-state index in [2.05, 4.69) is 10.4 Å². The summed E-state index contributed by atoms with van der Waals surface area (Å²) in [5.74, 6) is -0.576. The van der Waals surface area contributed by atoms with Crippen LogP contribution >= 0.6 is 22.9 Å². The topological polar surface area (TPSA) is 116 Å². The fourth-order valence-corrected chi connectivity index (χ4v) is 4.73. The van der Waals surface area contributed by atoms with Crippen molar-refractivity contribution in [2.45, 2.75) is 19.4 Å². The number of fused-ring (bicyclic) bond motifs is 3. The van der Waals surface area contributed by atoms with Crippen LogP contribution in [0.4, 0.5) is 9.80 Å². The molecule has 3 amide bonds. The van der Waals surface area contributed by atoms with E-state index in [9.17, 15) is 9.59 Å². The number of hydrogen-bond acceptors (Lipinski definition) is 4. The van der Waals surface area contributed by atoms with Crippen LogP contribution in [0.25, 0.3) is 10.4 Å². The number of hydrogen-bond donors (Lipinski definition) is 3. The number of carbonyl (C=O) groups excluding carboxylic acids is 2. The van der Waals surface area contributed by atoms with Gasteiger partial charge in [-0.1, -0.05) is 23.7 Å². The number of nitrogens with two attached hydrogens (primary N) is 2. The molecule has 1 aliphatic rings. The maximum absolute atomic E-state index is 11.9. The SMILES string of the molecule is NC(=O)Nc1sc2c(c1C(N)=O)CCc1nn(Cc3ccc(Cl)cc3)cc1-2. The van der Waals surface area contributed by atoms with Gasteiger partial charge in [0, 0.05) is 21.7 Å². The number of anilines is 1. The third kappa shape index (κ3) is 3.29. The number of halogens is 1. The molecule has 4 rings (SSSR count).